The van der Waals surface area contributed by atoms with Crippen LogP contribution in [0.5, 0.6) is 0 Å². The second-order valence-electron chi connectivity index (χ2n) is 11.1. The molecule has 11 N–H and O–H groups in total. The molecule has 260 valence electrons. The van der Waals surface area contributed by atoms with Gasteiger partial charge >= 0.3 is 13.8 Å². The Morgan fingerprint density at radius 2 is 1.50 bits per heavy atom. The molecule has 6 heterocycles. The van der Waals surface area contributed by atoms with Crippen molar-refractivity contribution in [3.05, 3.63) is 25.3 Å². The van der Waals surface area contributed by atoms with Crippen LogP contribution in [0.25, 0.3) is 22.3 Å². The number of anilines is 2. The van der Waals surface area contributed by atoms with Gasteiger partial charge in [-0.2, -0.15) is 0 Å². The van der Waals surface area contributed by atoms with Gasteiger partial charge in [0, 0.05) is 6.42 Å². The SMILES string of the molecule is C[S+](CCC(N)C(=O)O)C[C@H]1O[C@@H](n2cnc3c(N)ncnc32)[C@H](O)[C@@H]1OP(=O)(O)O[C@H]1O[C@@H](n2cnc3c(N)ncnc32)[C@H](O)[C@@H]1O. The number of hydrogen-bond donors (Lipinski definition) is 8. The van der Waals surface area contributed by atoms with Gasteiger partial charge in [0.15, 0.2) is 41.7 Å². The fourth-order valence-corrected chi connectivity index (χ4v) is 8.10. The minimum atomic E-state index is -5.21. The number of carboxylic acid groups (broad SMARTS) is 1. The highest BCUT2D eigenvalue weighted by Gasteiger charge is 2.53. The van der Waals surface area contributed by atoms with Crippen LogP contribution in [0, 0.1) is 0 Å². The topological polar surface area (TPSA) is 337 Å². The van der Waals surface area contributed by atoms with Gasteiger partial charge in [-0.15, -0.1) is 0 Å². The van der Waals surface area contributed by atoms with Gasteiger partial charge in [-0.05, 0) is 10.9 Å². The molecule has 2 fully saturated rings. The molecule has 11 atom stereocenters. The average Bonchev–Trinajstić information content (AvgIpc) is 3.79. The average molecular weight is 715 g/mol. The van der Waals surface area contributed by atoms with Crippen LogP contribution in [0.1, 0.15) is 18.9 Å². The number of aromatic nitrogens is 8. The summed E-state index contributed by atoms with van der Waals surface area (Å²) in [6.45, 7) is 0. The normalized spacial score (nSPS) is 30.1. The summed E-state index contributed by atoms with van der Waals surface area (Å²) in [5.74, 6) is -0.515. The van der Waals surface area contributed by atoms with E-state index in [0.29, 0.717) is 5.75 Å². The number of aliphatic carboxylic acids is 1. The Hall–Kier alpha value is -3.61. The lowest BCUT2D eigenvalue weighted by molar-refractivity contribution is -0.140. The number of carboxylic acids is 1. The Kier molecular flexibility index (Phi) is 9.54. The highest BCUT2D eigenvalue weighted by Crippen LogP contribution is 2.52. The minimum Gasteiger partial charge on any atom is -0.480 e. The third-order valence-corrected chi connectivity index (χ3v) is 10.7. The standard InChI is InChI=1S/C24H32N11O11PS/c1-48(3-2-9(25)23(39)40)4-10-16(15(38)22(43-10)35-8-33-12-18(27)29-6-31-20(12)35)45-47(41,42)46-24-14(37)13(36)21(44-24)34-7-32-11-17(26)28-5-30-19(11)34/h5-10,13-16,21-22,24,36-38H,2-4,25H2,1H3,(H5-,26,27,28,29,30,31,39,40,41,42)/p+1/t9?,10-,13-,14+,15-,16-,21-,22-,24-,48?/m1/s1. The Morgan fingerprint density at radius 3 is 2.06 bits per heavy atom. The fraction of sp³-hybridized carbons (Fsp3) is 0.542. The fourth-order valence-electron chi connectivity index (χ4n) is 5.40. The first-order valence-electron chi connectivity index (χ1n) is 14.2. The first-order chi connectivity index (χ1) is 22.8. The van der Waals surface area contributed by atoms with Crippen LogP contribution in [0.15, 0.2) is 25.3 Å². The molecule has 3 unspecified atom stereocenters. The van der Waals surface area contributed by atoms with Gasteiger partial charge in [0.25, 0.3) is 0 Å². The van der Waals surface area contributed by atoms with Crippen molar-refractivity contribution in [1.29, 1.82) is 0 Å². The monoisotopic (exact) mass is 714 g/mol. The second-order valence-corrected chi connectivity index (χ2v) is 14.8. The predicted octanol–water partition coefficient (Wildman–Crippen LogP) is -2.78. The highest BCUT2D eigenvalue weighted by atomic mass is 32.2. The third-order valence-electron chi connectivity index (χ3n) is 7.86. The number of aliphatic hydroxyl groups excluding tert-OH is 3. The van der Waals surface area contributed by atoms with Crippen molar-refractivity contribution in [2.75, 3.05) is 29.2 Å². The molecule has 24 heteroatoms. The molecule has 48 heavy (non-hydrogen) atoms. The molecule has 0 aromatic carbocycles. The molecule has 0 bridgehead atoms. The van der Waals surface area contributed by atoms with Crippen molar-refractivity contribution in [2.45, 2.75) is 61.7 Å². The number of nitrogen functional groups attached to an aromatic ring is 2. The van der Waals surface area contributed by atoms with Crippen LogP contribution in [0.4, 0.5) is 11.6 Å². The summed E-state index contributed by atoms with van der Waals surface area (Å²) < 4.78 is 38.5. The van der Waals surface area contributed by atoms with E-state index in [1.165, 1.54) is 28.1 Å². The van der Waals surface area contributed by atoms with Gasteiger partial charge < -0.3 is 52.0 Å². The van der Waals surface area contributed by atoms with E-state index >= 15 is 0 Å². The van der Waals surface area contributed by atoms with Crippen molar-refractivity contribution in [2.24, 2.45) is 5.73 Å². The molecule has 2 aliphatic heterocycles. The number of hydrogen-bond acceptors (Lipinski definition) is 18. The summed E-state index contributed by atoms with van der Waals surface area (Å²) in [6.07, 6.45) is -5.33. The maximum absolute atomic E-state index is 13.4. The lowest BCUT2D eigenvalue weighted by Crippen LogP contribution is -2.39. The van der Waals surface area contributed by atoms with Crippen molar-refractivity contribution < 1.29 is 53.2 Å². The van der Waals surface area contributed by atoms with E-state index in [0.717, 1.165) is 6.33 Å². The minimum absolute atomic E-state index is 0.0531. The Morgan fingerprint density at radius 1 is 0.938 bits per heavy atom. The van der Waals surface area contributed by atoms with E-state index < -0.39 is 80.0 Å². The zero-order valence-electron chi connectivity index (χ0n) is 25.0. The zero-order valence-corrected chi connectivity index (χ0v) is 26.7. The predicted molar refractivity (Wildman–Crippen MR) is 164 cm³/mol. The van der Waals surface area contributed by atoms with Gasteiger partial charge in [-0.1, -0.05) is 0 Å². The quantitative estimate of drug-likeness (QED) is 0.0543. The molecule has 4 aromatic rings. The molecule has 0 spiro atoms. The molecule has 4 aromatic heterocycles. The van der Waals surface area contributed by atoms with Crippen LogP contribution in [-0.2, 0) is 38.8 Å². The summed E-state index contributed by atoms with van der Waals surface area (Å²) in [5.41, 5.74) is 18.2. The van der Waals surface area contributed by atoms with E-state index in [-0.39, 0.29) is 46.1 Å². The molecule has 2 saturated heterocycles. The Balaban J connectivity index is 1.21. The first kappa shape index (κ1) is 34.3. The largest absolute Gasteiger partial charge is 0.480 e. The van der Waals surface area contributed by atoms with Gasteiger partial charge in [-0.3, -0.25) is 23.0 Å². The summed E-state index contributed by atoms with van der Waals surface area (Å²) in [5, 5.41) is 42.0. The molecule has 22 nitrogen and oxygen atoms in total. The molecule has 0 saturated carbocycles. The number of ether oxygens (including phenoxy) is 2. The van der Waals surface area contributed by atoms with Crippen LogP contribution in [0.3, 0.4) is 0 Å². The molecular formula is C24H33N11O11PS+. The number of nitrogens with two attached hydrogens (primary N) is 3. The highest BCUT2D eigenvalue weighted by molar-refractivity contribution is 7.96. The van der Waals surface area contributed by atoms with Gasteiger partial charge in [-0.25, -0.2) is 34.5 Å². The van der Waals surface area contributed by atoms with E-state index in [4.69, 9.17) is 40.8 Å². The molecule has 0 radical (unpaired) electrons. The van der Waals surface area contributed by atoms with Crippen LogP contribution in [0.2, 0.25) is 0 Å². The Labute approximate surface area is 272 Å². The van der Waals surface area contributed by atoms with Crippen molar-refractivity contribution in [3.63, 3.8) is 0 Å². The molecule has 2 aliphatic rings. The number of phosphoric ester groups is 1. The number of rotatable bonds is 12. The Bertz CT molecular complexity index is 1850. The lowest BCUT2D eigenvalue weighted by atomic mass is 10.1. The number of aliphatic hydroxyl groups is 3. The van der Waals surface area contributed by atoms with E-state index in [9.17, 15) is 29.6 Å². The van der Waals surface area contributed by atoms with Crippen LogP contribution in [-0.4, -0.2) is 131 Å². The first-order valence-corrected chi connectivity index (χ1v) is 17.7. The second kappa shape index (κ2) is 13.4. The number of phosphoric acid groups is 1. The summed E-state index contributed by atoms with van der Waals surface area (Å²) >= 11 is 0. The summed E-state index contributed by atoms with van der Waals surface area (Å²) in [6, 6.07) is -1.09. The molecule has 0 aliphatic carbocycles. The van der Waals surface area contributed by atoms with Gasteiger partial charge in [0.2, 0.25) is 0 Å². The van der Waals surface area contributed by atoms with Crippen LogP contribution < -0.4 is 17.2 Å². The smallest absolute Gasteiger partial charge is 0.475 e. The maximum Gasteiger partial charge on any atom is 0.475 e. The van der Waals surface area contributed by atoms with E-state index in [1.54, 1.807) is 0 Å². The third kappa shape index (κ3) is 6.54. The summed E-state index contributed by atoms with van der Waals surface area (Å²) in [7, 11) is -5.78. The molecule has 6 rings (SSSR count). The van der Waals surface area contributed by atoms with Gasteiger partial charge in [0.1, 0.15) is 71.8 Å². The number of imidazole rings is 2. The number of fused-ring (bicyclic) bond motifs is 2. The van der Waals surface area contributed by atoms with Crippen molar-refractivity contribution in [3.8, 4) is 0 Å². The number of carbonyl (C=O) groups is 1. The van der Waals surface area contributed by atoms with Crippen LogP contribution >= 0.6 is 7.82 Å². The zero-order chi connectivity index (χ0) is 34.5. The summed E-state index contributed by atoms with van der Waals surface area (Å²) in [4.78, 5) is 46.3. The van der Waals surface area contributed by atoms with Gasteiger partial charge in [0.05, 0.1) is 18.9 Å². The molecular weight excluding hydrogens is 681 g/mol. The van der Waals surface area contributed by atoms with Crippen molar-refractivity contribution >= 4 is 58.7 Å². The molecule has 0 amide bonds. The van der Waals surface area contributed by atoms with E-state index in [2.05, 4.69) is 29.9 Å². The van der Waals surface area contributed by atoms with Crippen molar-refractivity contribution in [1.82, 2.24) is 39.0 Å². The maximum atomic E-state index is 13.4. The lowest BCUT2D eigenvalue weighted by Gasteiger charge is -2.25. The van der Waals surface area contributed by atoms with E-state index in [1.807, 2.05) is 6.26 Å². The number of nitrogens with zero attached hydrogens (tertiary/aromatic N) is 8.